The average Bonchev–Trinajstić information content (AvgIpc) is 2.53. The van der Waals surface area contributed by atoms with Gasteiger partial charge in [-0.2, -0.15) is 0 Å². The molecule has 1 aromatic carbocycles. The van der Waals surface area contributed by atoms with Gasteiger partial charge in [-0.25, -0.2) is 4.79 Å². The van der Waals surface area contributed by atoms with Crippen LogP contribution in [0, 0.1) is 6.92 Å². The summed E-state index contributed by atoms with van der Waals surface area (Å²) in [7, 11) is 1.53. The van der Waals surface area contributed by atoms with E-state index in [4.69, 9.17) is 14.3 Å². The molecule has 0 fully saturated rings. The van der Waals surface area contributed by atoms with Crippen molar-refractivity contribution in [2.75, 3.05) is 13.7 Å². The van der Waals surface area contributed by atoms with Crippen LogP contribution in [-0.4, -0.2) is 30.6 Å². The molecule has 1 amide bonds. The number of carboxylic acids is 1. The molecular formula is C17H19NO6. The van der Waals surface area contributed by atoms with Crippen LogP contribution in [0.2, 0.25) is 0 Å². The number of methoxy groups -OCH3 is 1. The number of nitrogens with one attached hydrogen (secondary N) is 1. The van der Waals surface area contributed by atoms with Gasteiger partial charge in [0.1, 0.15) is 11.3 Å². The van der Waals surface area contributed by atoms with Crippen LogP contribution < -0.4 is 15.7 Å². The molecule has 0 spiro atoms. The van der Waals surface area contributed by atoms with Gasteiger partial charge < -0.3 is 19.6 Å². The monoisotopic (exact) mass is 333 g/mol. The van der Waals surface area contributed by atoms with Crippen molar-refractivity contribution in [1.82, 2.24) is 5.32 Å². The molecule has 2 aromatic rings. The Labute approximate surface area is 138 Å². The van der Waals surface area contributed by atoms with E-state index in [0.29, 0.717) is 16.9 Å². The number of rotatable bonds is 7. The van der Waals surface area contributed by atoms with Crippen LogP contribution in [0.5, 0.6) is 5.75 Å². The molecule has 1 aromatic heterocycles. The molecule has 0 saturated carbocycles. The quantitative estimate of drug-likeness (QED) is 0.746. The number of hydrogen-bond acceptors (Lipinski definition) is 5. The fraction of sp³-hybridized carbons (Fsp3) is 0.353. The molecule has 0 saturated heterocycles. The molecule has 0 aliphatic rings. The third kappa shape index (κ3) is 4.13. The zero-order valence-electron chi connectivity index (χ0n) is 13.5. The van der Waals surface area contributed by atoms with Crippen LogP contribution in [0.25, 0.3) is 11.0 Å². The van der Waals surface area contributed by atoms with Crippen LogP contribution in [0.15, 0.2) is 27.4 Å². The molecule has 128 valence electrons. The Kier molecular flexibility index (Phi) is 5.57. The highest BCUT2D eigenvalue weighted by Crippen LogP contribution is 2.24. The molecule has 0 radical (unpaired) electrons. The topological polar surface area (TPSA) is 106 Å². The molecule has 2 N–H and O–H groups in total. The Balaban J connectivity index is 2.13. The SMILES string of the molecule is COc1ccc2c(C)c(CCC(=O)NCCC(=O)O)c(=O)oc2c1. The number of hydrogen-bond donors (Lipinski definition) is 2. The molecule has 0 atom stereocenters. The third-order valence-corrected chi connectivity index (χ3v) is 3.76. The maximum atomic E-state index is 12.2. The van der Waals surface area contributed by atoms with Crippen molar-refractivity contribution >= 4 is 22.8 Å². The fourth-order valence-corrected chi connectivity index (χ4v) is 2.43. The van der Waals surface area contributed by atoms with Crippen molar-refractivity contribution in [3.63, 3.8) is 0 Å². The minimum Gasteiger partial charge on any atom is -0.497 e. The van der Waals surface area contributed by atoms with Gasteiger partial charge in [-0.15, -0.1) is 0 Å². The zero-order valence-corrected chi connectivity index (χ0v) is 13.5. The van der Waals surface area contributed by atoms with Crippen LogP contribution in [0.4, 0.5) is 0 Å². The molecule has 1 heterocycles. The van der Waals surface area contributed by atoms with Crippen molar-refractivity contribution < 1.29 is 23.8 Å². The minimum atomic E-state index is -0.975. The number of amides is 1. The van der Waals surface area contributed by atoms with Gasteiger partial charge in [-0.05, 0) is 31.0 Å². The lowest BCUT2D eigenvalue weighted by atomic mass is 10.0. The van der Waals surface area contributed by atoms with Gasteiger partial charge in [0, 0.05) is 30.0 Å². The fourth-order valence-electron chi connectivity index (χ4n) is 2.43. The second kappa shape index (κ2) is 7.63. The number of aliphatic carboxylic acids is 1. The Morgan fingerprint density at radius 1 is 1.29 bits per heavy atom. The largest absolute Gasteiger partial charge is 0.497 e. The number of fused-ring (bicyclic) bond motifs is 1. The minimum absolute atomic E-state index is 0.0687. The predicted molar refractivity (Wildman–Crippen MR) is 87.4 cm³/mol. The molecule has 0 aliphatic carbocycles. The van der Waals surface area contributed by atoms with Gasteiger partial charge in [0.25, 0.3) is 0 Å². The van der Waals surface area contributed by atoms with E-state index >= 15 is 0 Å². The first-order valence-electron chi connectivity index (χ1n) is 7.51. The van der Waals surface area contributed by atoms with Crippen molar-refractivity contribution in [1.29, 1.82) is 0 Å². The van der Waals surface area contributed by atoms with Gasteiger partial charge in [0.2, 0.25) is 5.91 Å². The standard InChI is InChI=1S/C17H19NO6/c1-10-12-4-3-11(23-2)9-14(12)24-17(22)13(10)5-6-15(19)18-8-7-16(20)21/h3-4,9H,5-8H2,1-2H3,(H,18,19)(H,20,21). The lowest BCUT2D eigenvalue weighted by Gasteiger charge is -2.09. The highest BCUT2D eigenvalue weighted by atomic mass is 16.5. The van der Waals surface area contributed by atoms with Crippen LogP contribution >= 0.6 is 0 Å². The maximum Gasteiger partial charge on any atom is 0.339 e. The summed E-state index contributed by atoms with van der Waals surface area (Å²) in [6.07, 6.45) is 0.187. The number of ether oxygens (including phenoxy) is 1. The zero-order chi connectivity index (χ0) is 17.7. The summed E-state index contributed by atoms with van der Waals surface area (Å²) >= 11 is 0. The Hall–Kier alpha value is -2.83. The summed E-state index contributed by atoms with van der Waals surface area (Å²) in [5, 5.41) is 11.8. The lowest BCUT2D eigenvalue weighted by Crippen LogP contribution is -2.26. The number of carboxylic acid groups (broad SMARTS) is 1. The number of carbonyl (C=O) groups excluding carboxylic acids is 1. The number of aryl methyl sites for hydroxylation is 1. The van der Waals surface area contributed by atoms with E-state index in [9.17, 15) is 14.4 Å². The van der Waals surface area contributed by atoms with Gasteiger partial charge in [0.15, 0.2) is 0 Å². The van der Waals surface area contributed by atoms with E-state index in [0.717, 1.165) is 10.9 Å². The number of carbonyl (C=O) groups is 2. The number of benzene rings is 1. The molecule has 7 heteroatoms. The summed E-state index contributed by atoms with van der Waals surface area (Å²) in [5.41, 5.74) is 1.17. The van der Waals surface area contributed by atoms with E-state index < -0.39 is 11.6 Å². The Morgan fingerprint density at radius 2 is 2.04 bits per heavy atom. The Morgan fingerprint density at radius 3 is 2.71 bits per heavy atom. The highest BCUT2D eigenvalue weighted by Gasteiger charge is 2.13. The summed E-state index contributed by atoms with van der Waals surface area (Å²) in [6, 6.07) is 5.23. The van der Waals surface area contributed by atoms with Crippen LogP contribution in [0.1, 0.15) is 24.0 Å². The Bertz CT molecular complexity index is 824. The van der Waals surface area contributed by atoms with Crippen molar-refractivity contribution in [3.8, 4) is 5.75 Å². The van der Waals surface area contributed by atoms with Gasteiger partial charge in [-0.1, -0.05) is 0 Å². The summed E-state index contributed by atoms with van der Waals surface area (Å²) in [5.74, 6) is -0.683. The average molecular weight is 333 g/mol. The summed E-state index contributed by atoms with van der Waals surface area (Å²) in [6.45, 7) is 1.88. The normalized spacial score (nSPS) is 10.6. The second-order valence-corrected chi connectivity index (χ2v) is 5.35. The predicted octanol–water partition coefficient (Wildman–Crippen LogP) is 1.63. The van der Waals surface area contributed by atoms with E-state index in [2.05, 4.69) is 5.32 Å². The van der Waals surface area contributed by atoms with Crippen molar-refractivity contribution in [2.24, 2.45) is 0 Å². The van der Waals surface area contributed by atoms with E-state index in [1.807, 2.05) is 13.0 Å². The molecular weight excluding hydrogens is 314 g/mol. The van der Waals surface area contributed by atoms with Crippen molar-refractivity contribution in [3.05, 3.63) is 39.7 Å². The highest BCUT2D eigenvalue weighted by molar-refractivity contribution is 5.83. The molecule has 0 bridgehead atoms. The molecule has 0 aliphatic heterocycles. The maximum absolute atomic E-state index is 12.2. The lowest BCUT2D eigenvalue weighted by molar-refractivity contribution is -0.136. The van der Waals surface area contributed by atoms with Gasteiger partial charge >= 0.3 is 11.6 Å². The van der Waals surface area contributed by atoms with Gasteiger partial charge in [0.05, 0.1) is 13.5 Å². The van der Waals surface area contributed by atoms with E-state index in [1.165, 1.54) is 7.11 Å². The second-order valence-electron chi connectivity index (χ2n) is 5.35. The molecule has 2 rings (SSSR count). The smallest absolute Gasteiger partial charge is 0.339 e. The molecule has 24 heavy (non-hydrogen) atoms. The van der Waals surface area contributed by atoms with Crippen LogP contribution in [0.3, 0.4) is 0 Å². The van der Waals surface area contributed by atoms with Crippen LogP contribution in [-0.2, 0) is 16.0 Å². The first-order valence-corrected chi connectivity index (χ1v) is 7.51. The third-order valence-electron chi connectivity index (χ3n) is 3.76. The molecule has 7 nitrogen and oxygen atoms in total. The first kappa shape index (κ1) is 17.5. The van der Waals surface area contributed by atoms with E-state index in [-0.39, 0.29) is 31.7 Å². The first-order chi connectivity index (χ1) is 11.4. The summed E-state index contributed by atoms with van der Waals surface area (Å²) < 4.78 is 10.4. The molecule has 0 unspecified atom stereocenters. The van der Waals surface area contributed by atoms with E-state index in [1.54, 1.807) is 12.1 Å². The summed E-state index contributed by atoms with van der Waals surface area (Å²) in [4.78, 5) is 34.3. The van der Waals surface area contributed by atoms with Crippen molar-refractivity contribution in [2.45, 2.75) is 26.2 Å². The van der Waals surface area contributed by atoms with Gasteiger partial charge in [-0.3, -0.25) is 9.59 Å².